The van der Waals surface area contributed by atoms with Gasteiger partial charge in [-0.2, -0.15) is 0 Å². The van der Waals surface area contributed by atoms with E-state index in [-0.39, 0.29) is 24.1 Å². The molecule has 0 aromatic heterocycles. The van der Waals surface area contributed by atoms with Gasteiger partial charge in [-0.1, -0.05) is 234 Å². The highest BCUT2D eigenvalue weighted by Gasteiger charge is 2.50. The van der Waals surface area contributed by atoms with Crippen molar-refractivity contribution in [2.75, 3.05) is 25.5 Å². The van der Waals surface area contributed by atoms with Crippen molar-refractivity contribution in [3.8, 4) is 22.3 Å². The lowest BCUT2D eigenvalue weighted by Gasteiger charge is -2.44. The summed E-state index contributed by atoms with van der Waals surface area (Å²) in [6.07, 6.45) is 4.77. The molecule has 724 valence electrons. The second-order valence-electron chi connectivity index (χ2n) is 37.1. The molecule has 10 rings (SSSR count). The van der Waals surface area contributed by atoms with Crippen LogP contribution in [0.5, 0.6) is 0 Å². The highest BCUT2D eigenvalue weighted by Crippen LogP contribution is 2.64. The largest absolute Gasteiger partial charge is 0.448 e. The van der Waals surface area contributed by atoms with Gasteiger partial charge in [0.25, 0.3) is 11.8 Å². The molecule has 36 heteroatoms. The number of fused-ring (bicyclic) bond motifs is 6. The normalized spacial score (nSPS) is 16.4. The van der Waals surface area contributed by atoms with Crippen molar-refractivity contribution in [1.29, 1.82) is 0 Å². The van der Waals surface area contributed by atoms with Crippen LogP contribution in [0.1, 0.15) is 202 Å². The summed E-state index contributed by atoms with van der Waals surface area (Å²) in [5.41, 5.74) is 8.42. The highest BCUT2D eigenvalue weighted by atomic mass is 32.4. The third kappa shape index (κ3) is 25.7. The van der Waals surface area contributed by atoms with Gasteiger partial charge in [-0.3, -0.25) is 67.1 Å². The van der Waals surface area contributed by atoms with Crippen molar-refractivity contribution in [3.63, 3.8) is 0 Å². The molecule has 4 aliphatic carbocycles. The van der Waals surface area contributed by atoms with Crippen LogP contribution in [0.2, 0.25) is 0 Å². The van der Waals surface area contributed by atoms with Gasteiger partial charge < -0.3 is 73.7 Å². The van der Waals surface area contributed by atoms with Crippen LogP contribution in [-0.2, 0) is 100 Å². The number of carbonyl (C=O) groups is 16. The van der Waals surface area contributed by atoms with E-state index >= 15 is 38.4 Å². The number of nitrogens with zero attached hydrogens (tertiary/aromatic N) is 2. The smallest absolute Gasteiger partial charge is 0.417 e. The van der Waals surface area contributed by atoms with E-state index in [0.29, 0.717) is 15.5 Å². The molecule has 0 spiro atoms. The second-order valence-corrected chi connectivity index (χ2v) is 47.4. The summed E-state index contributed by atoms with van der Waals surface area (Å²) in [6, 6.07) is 24.4. The molecule has 11 atom stereocenters. The van der Waals surface area contributed by atoms with Crippen LogP contribution in [-0.4, -0.2) is 219 Å². The summed E-state index contributed by atoms with van der Waals surface area (Å²) < 4.78 is 12.7. The summed E-state index contributed by atoms with van der Waals surface area (Å²) in [5, 5.41) is 29.7. The van der Waals surface area contributed by atoms with E-state index in [1.165, 1.54) is 90.0 Å². The Morgan fingerprint density at radius 2 is 0.674 bits per heavy atom. The maximum atomic E-state index is 16.6. The third-order valence-electron chi connectivity index (χ3n) is 25.7. The minimum atomic E-state index is -3.47. The molecule has 2 fully saturated rings. The molecule has 0 saturated heterocycles. The molecule has 0 heterocycles. The Hall–Kier alpha value is -11.9. The van der Waals surface area contributed by atoms with Gasteiger partial charge in [-0.25, -0.2) is 19.4 Å². The molecule has 32 nitrogen and oxygen atoms in total. The van der Waals surface area contributed by atoms with E-state index < -0.39 is 215 Å². The number of ether oxygens (including phenoxy) is 2. The second kappa shape index (κ2) is 46.1. The molecule has 4 aliphatic rings. The molecule has 0 bridgehead atoms. The van der Waals surface area contributed by atoms with Gasteiger partial charge in [0.1, 0.15) is 90.8 Å². The van der Waals surface area contributed by atoms with Crippen molar-refractivity contribution < 1.29 is 86.2 Å². The zero-order chi connectivity index (χ0) is 98.9. The van der Waals surface area contributed by atoms with Crippen LogP contribution >= 0.6 is 12.1 Å². The minimum absolute atomic E-state index is 0.0884. The lowest BCUT2D eigenvalue weighted by molar-refractivity contribution is -0.143. The van der Waals surface area contributed by atoms with Crippen LogP contribution in [0, 0.1) is 5.92 Å². The van der Waals surface area contributed by atoms with Crippen molar-refractivity contribution in [3.05, 3.63) is 180 Å². The number of hydrogen-bond acceptors (Lipinski definition) is 20. The molecule has 6 aromatic rings. The number of hydrogen-bond donors (Lipinski definition) is 12. The number of rotatable bonds is 39. The quantitative estimate of drug-likeness (QED) is 0.0162. The van der Waals surface area contributed by atoms with Gasteiger partial charge in [-0.15, -0.1) is 0 Å². The predicted octanol–water partition coefficient (Wildman–Crippen LogP) is 8.03. The van der Waals surface area contributed by atoms with Crippen molar-refractivity contribution >= 4 is 141 Å². The fourth-order valence-electron chi connectivity index (χ4n) is 17.8. The molecule has 0 unspecified atom stereocenters. The Bertz CT molecular complexity index is 5380. The Morgan fingerprint density at radius 3 is 1.02 bits per heavy atom. The predicted molar refractivity (Wildman–Crippen MR) is 523 cm³/mol. The van der Waals surface area contributed by atoms with Crippen molar-refractivity contribution in [2.24, 2.45) is 11.7 Å². The Morgan fingerprint density at radius 1 is 0.370 bits per heavy atom. The molecule has 13 N–H and O–H groups in total. The SMILES string of the molecule is CC(=O)N[C@@H](C)C(=O)N[C@@H](C)C(=O)NC(C)(C)C(=O)N[C@@H](C)C(=O)N(C(=O)OCC1c2ccccc2-c2ccccc21)[C@H](CP(=S)(c1ccccc1)c1ccccc1)C(=O)N[C@@H](C)C(=O)N[C@@H](C)C(=O)N[C@H](C(=O)N(C(=O)OCC1c2ccccc2-c2ccccc21)[C@@H](CP(=S)(C1CCCCC1)C1CCCCC1)C(=O)N[C@@H](C)C(=O)N[C@@H](C)C(=O)NC(C)(C)C(=O)N[C@@H](C)C(N)=O)C(C)C. The van der Waals surface area contributed by atoms with Crippen LogP contribution in [0.25, 0.3) is 22.3 Å². The van der Waals surface area contributed by atoms with Crippen LogP contribution < -0.4 is 74.8 Å². The number of nitrogens with one attached hydrogen (secondary N) is 11. The van der Waals surface area contributed by atoms with E-state index in [1.54, 1.807) is 74.5 Å². The first-order chi connectivity index (χ1) is 63.8. The van der Waals surface area contributed by atoms with Crippen molar-refractivity contribution in [2.45, 2.75) is 269 Å². The first kappa shape index (κ1) is 105. The van der Waals surface area contributed by atoms with Gasteiger partial charge >= 0.3 is 12.2 Å². The fraction of sp³-hybridized carbons (Fsp3) is 0.475. The zero-order valence-electron chi connectivity index (χ0n) is 79.2. The molecular formula is C99H128N14O18P2S2. The van der Waals surface area contributed by atoms with E-state index in [2.05, 4.69) is 58.5 Å². The highest BCUT2D eigenvalue weighted by molar-refractivity contribution is 8.22. The number of amides is 16. The molecule has 0 radical (unpaired) electrons. The lowest BCUT2D eigenvalue weighted by Crippen LogP contribution is -2.64. The number of carbonyl (C=O) groups excluding carboxylic acids is 16. The molecule has 6 aromatic carbocycles. The van der Waals surface area contributed by atoms with E-state index in [0.717, 1.165) is 114 Å². The van der Waals surface area contributed by atoms with Crippen molar-refractivity contribution in [1.82, 2.24) is 68.3 Å². The molecular weight excluding hydrogens is 1800 g/mol. The van der Waals surface area contributed by atoms with Crippen LogP contribution in [0.15, 0.2) is 158 Å². The Balaban J connectivity index is 0.979. The van der Waals surface area contributed by atoms with E-state index in [9.17, 15) is 38.4 Å². The summed E-state index contributed by atoms with van der Waals surface area (Å²) >= 11 is 13.9. The first-order valence-electron chi connectivity index (χ1n) is 46.1. The molecule has 2 saturated carbocycles. The Kier molecular flexibility index (Phi) is 35.9. The fourth-order valence-corrected chi connectivity index (χ4v) is 28.0. The Labute approximate surface area is 799 Å². The number of imide groups is 2. The molecule has 0 aliphatic heterocycles. The monoisotopic (exact) mass is 1930 g/mol. The summed E-state index contributed by atoms with van der Waals surface area (Å²) in [5.74, 6) is -14.9. The van der Waals surface area contributed by atoms with Crippen LogP contribution in [0.3, 0.4) is 0 Å². The van der Waals surface area contributed by atoms with Gasteiger partial charge in [0, 0.05) is 37.1 Å². The van der Waals surface area contributed by atoms with Crippen LogP contribution in [0.4, 0.5) is 9.59 Å². The summed E-state index contributed by atoms with van der Waals surface area (Å²) in [6.45, 7) is 19.7. The standard InChI is InChI=1S/C99H128N14O18P2S2/c1-56(2)82(93(125)113(97(129)131-53-79-76-50-34-30-46-72(76)73-47-31-35-51-77(73)79)81(55-133(135,68-40-24-18-25-41-68)69-42-26-19-27-43-69)91(123)106-60(6)86(118)104-63(9)89(121)110-98(12,13)94(126)107-57(3)83(100)115)109-87(119)61(7)102-85(117)59(5)105-90(122)80(54-132(134,66-36-20-16-21-37-66)67-38-22-17-23-39-67)112(96(128)130-52-78-74-48-32-28-44-70(74)71-45-29-33-49-75(71)78)92(124)64(10)108-95(127)99(14,15)111-88(120)62(8)103-84(116)58(4)101-65(11)114/h16-17,20-23,28-39,44-51,56-64,68-69,78-82H,18-19,24-27,40-43,52-55H2,1-15H3,(H2,100,115)(H,101,114)(H,102,117)(H,103,116)(H,104,118)(H,105,122)(H,106,123)(H,107,126)(H,108,127)(H,109,119)(H,110,121)(H,111,120)/t57-,58-,59-,60-,61-,62-,63-,64-,80+,81-,82-/m0/s1. The maximum Gasteiger partial charge on any atom is 0.417 e. The number of benzene rings is 6. The zero-order valence-corrected chi connectivity index (χ0v) is 82.6. The van der Waals surface area contributed by atoms with Gasteiger partial charge in [0.15, 0.2) is 0 Å². The van der Waals surface area contributed by atoms with E-state index in [1.807, 2.05) is 97.1 Å². The van der Waals surface area contributed by atoms with Gasteiger partial charge in [0.05, 0.1) is 0 Å². The average Bonchev–Trinajstić information content (AvgIpc) is 1.75. The lowest BCUT2D eigenvalue weighted by atomic mass is 9.98. The average molecular weight is 1930 g/mol. The number of nitrogens with two attached hydrogens (primary N) is 1. The van der Waals surface area contributed by atoms with Gasteiger partial charge in [-0.05, 0) is 187 Å². The number of primary amides is 1. The molecule has 135 heavy (non-hydrogen) atoms. The van der Waals surface area contributed by atoms with E-state index in [4.69, 9.17) is 38.8 Å². The third-order valence-corrected chi connectivity index (χ3v) is 37.2. The topological polar surface area (TPSA) is 456 Å². The maximum absolute atomic E-state index is 16.6. The summed E-state index contributed by atoms with van der Waals surface area (Å²) in [7, 11) is 0. The van der Waals surface area contributed by atoms with Gasteiger partial charge in [0.2, 0.25) is 70.9 Å². The minimum Gasteiger partial charge on any atom is -0.448 e. The molecule has 16 amide bonds. The summed E-state index contributed by atoms with van der Waals surface area (Å²) in [4.78, 5) is 235. The first-order valence-corrected chi connectivity index (χ1v) is 52.2.